The first kappa shape index (κ1) is 12.2. The number of nitrogens with one attached hydrogen (secondary N) is 1. The number of halogens is 1. The molecule has 4 nitrogen and oxygen atoms in total. The van der Waals surface area contributed by atoms with Gasteiger partial charge in [-0.15, -0.1) is 0 Å². The van der Waals surface area contributed by atoms with E-state index in [-0.39, 0.29) is 23.6 Å². The second-order valence-corrected chi connectivity index (χ2v) is 7.52. The third-order valence-electron chi connectivity index (χ3n) is 3.29. The highest BCUT2D eigenvalue weighted by atomic mass is 35.5. The summed E-state index contributed by atoms with van der Waals surface area (Å²) in [6, 6.07) is 7.04. The summed E-state index contributed by atoms with van der Waals surface area (Å²) >= 11 is 11.1. The molecule has 1 aromatic carbocycles. The molecule has 0 radical (unpaired) electrons. The molecular weight excluding hydrogens is 292 g/mol. The Balaban J connectivity index is 1.96. The summed E-state index contributed by atoms with van der Waals surface area (Å²) in [5.41, 5.74) is 0.876. The van der Waals surface area contributed by atoms with Gasteiger partial charge in [0, 0.05) is 10.7 Å². The third kappa shape index (κ3) is 1.98. The molecule has 18 heavy (non-hydrogen) atoms. The fourth-order valence-electron chi connectivity index (χ4n) is 2.51. The number of anilines is 1. The van der Waals surface area contributed by atoms with Crippen LogP contribution in [0.5, 0.6) is 0 Å². The molecule has 0 aromatic heterocycles. The average Bonchev–Trinajstić information content (AvgIpc) is 2.70. The molecule has 2 fully saturated rings. The van der Waals surface area contributed by atoms with Crippen LogP contribution in [0.1, 0.15) is 0 Å². The second kappa shape index (κ2) is 4.08. The predicted molar refractivity (Wildman–Crippen MR) is 75.9 cm³/mol. The topological polar surface area (TPSA) is 49.4 Å². The van der Waals surface area contributed by atoms with Crippen molar-refractivity contribution in [2.45, 2.75) is 12.1 Å². The maximum Gasteiger partial charge on any atom is 0.174 e. The van der Waals surface area contributed by atoms with Gasteiger partial charge in [0.05, 0.1) is 23.6 Å². The van der Waals surface area contributed by atoms with Crippen molar-refractivity contribution in [3.05, 3.63) is 29.3 Å². The molecule has 2 aliphatic rings. The van der Waals surface area contributed by atoms with E-state index in [0.717, 1.165) is 5.69 Å². The van der Waals surface area contributed by atoms with Crippen LogP contribution in [0.25, 0.3) is 0 Å². The number of sulfone groups is 1. The lowest BCUT2D eigenvalue weighted by molar-refractivity contribution is 0.600. The smallest absolute Gasteiger partial charge is 0.174 e. The van der Waals surface area contributed by atoms with E-state index in [1.807, 2.05) is 17.0 Å². The molecule has 2 heterocycles. The Morgan fingerprint density at radius 2 is 1.94 bits per heavy atom. The molecule has 1 aromatic rings. The van der Waals surface area contributed by atoms with Crippen molar-refractivity contribution in [3.63, 3.8) is 0 Å². The molecular formula is C11H11ClN2O2S2. The van der Waals surface area contributed by atoms with E-state index in [2.05, 4.69) is 5.32 Å². The molecule has 0 bridgehead atoms. The maximum atomic E-state index is 11.7. The average molecular weight is 303 g/mol. The van der Waals surface area contributed by atoms with E-state index in [4.69, 9.17) is 23.8 Å². The van der Waals surface area contributed by atoms with E-state index in [9.17, 15) is 8.42 Å². The molecule has 3 rings (SSSR count). The fraction of sp³-hybridized carbons (Fsp3) is 0.364. The zero-order chi connectivity index (χ0) is 12.9. The highest BCUT2D eigenvalue weighted by molar-refractivity contribution is 7.91. The minimum atomic E-state index is -2.97. The van der Waals surface area contributed by atoms with E-state index < -0.39 is 9.84 Å². The van der Waals surface area contributed by atoms with E-state index in [1.54, 1.807) is 12.1 Å². The zero-order valence-electron chi connectivity index (χ0n) is 9.34. The Bertz CT molecular complexity index is 600. The van der Waals surface area contributed by atoms with Gasteiger partial charge in [-0.25, -0.2) is 8.42 Å². The Morgan fingerprint density at radius 3 is 2.61 bits per heavy atom. The van der Waals surface area contributed by atoms with Gasteiger partial charge in [-0.05, 0) is 36.5 Å². The predicted octanol–water partition coefficient (Wildman–Crippen LogP) is 1.20. The summed E-state index contributed by atoms with van der Waals surface area (Å²) < 4.78 is 23.3. The Labute approximate surface area is 116 Å². The molecule has 1 N–H and O–H groups in total. The highest BCUT2D eigenvalue weighted by Crippen LogP contribution is 2.30. The van der Waals surface area contributed by atoms with Crippen molar-refractivity contribution in [2.75, 3.05) is 16.4 Å². The summed E-state index contributed by atoms with van der Waals surface area (Å²) in [5, 5.41) is 4.31. The van der Waals surface area contributed by atoms with Crippen molar-refractivity contribution in [3.8, 4) is 0 Å². The van der Waals surface area contributed by atoms with Crippen LogP contribution in [0, 0.1) is 0 Å². The Morgan fingerprint density at radius 1 is 1.28 bits per heavy atom. The third-order valence-corrected chi connectivity index (χ3v) is 5.57. The highest BCUT2D eigenvalue weighted by Gasteiger charge is 2.47. The summed E-state index contributed by atoms with van der Waals surface area (Å²) in [5.74, 6) is 0.301. The van der Waals surface area contributed by atoms with Gasteiger partial charge in [0.15, 0.2) is 14.9 Å². The van der Waals surface area contributed by atoms with Gasteiger partial charge in [0.1, 0.15) is 0 Å². The minimum absolute atomic E-state index is 0.0989. The van der Waals surface area contributed by atoms with Crippen LogP contribution in [0.15, 0.2) is 24.3 Å². The number of rotatable bonds is 1. The standard InChI is InChI=1S/C11H11ClN2O2S2/c12-7-1-3-8(4-2-7)14-10-6-18(15,16)5-9(10)13-11(14)17/h1-4,9-10H,5-6H2,(H,13,17)/t9-,10-/m0/s1. The number of hydrogen-bond acceptors (Lipinski definition) is 3. The van der Waals surface area contributed by atoms with Crippen LogP contribution in [-0.2, 0) is 9.84 Å². The van der Waals surface area contributed by atoms with Crippen molar-refractivity contribution >= 4 is 44.5 Å². The van der Waals surface area contributed by atoms with Crippen LogP contribution in [-0.4, -0.2) is 37.1 Å². The SMILES string of the molecule is O=S1(=O)C[C@@H]2NC(=S)N(c3ccc(Cl)cc3)[C@H]2C1. The minimum Gasteiger partial charge on any atom is -0.356 e. The van der Waals surface area contributed by atoms with Crippen LogP contribution in [0.3, 0.4) is 0 Å². The molecule has 0 unspecified atom stereocenters. The monoisotopic (exact) mass is 302 g/mol. The Kier molecular flexibility index (Phi) is 2.76. The maximum absolute atomic E-state index is 11.7. The number of hydrogen-bond donors (Lipinski definition) is 1. The van der Waals surface area contributed by atoms with Gasteiger partial charge < -0.3 is 10.2 Å². The molecule has 0 amide bonds. The quantitative estimate of drug-likeness (QED) is 0.790. The summed E-state index contributed by atoms with van der Waals surface area (Å²) in [6.45, 7) is 0. The largest absolute Gasteiger partial charge is 0.356 e. The molecule has 96 valence electrons. The lowest BCUT2D eigenvalue weighted by atomic mass is 10.1. The molecule has 0 spiro atoms. The first-order chi connectivity index (χ1) is 8.46. The Hall–Kier alpha value is -0.850. The first-order valence-electron chi connectivity index (χ1n) is 5.52. The van der Waals surface area contributed by atoms with Crippen LogP contribution >= 0.6 is 23.8 Å². The molecule has 2 aliphatic heterocycles. The van der Waals surface area contributed by atoms with Crippen LogP contribution in [0.2, 0.25) is 5.02 Å². The van der Waals surface area contributed by atoms with Crippen molar-refractivity contribution in [2.24, 2.45) is 0 Å². The lowest BCUT2D eigenvalue weighted by Gasteiger charge is -2.23. The second-order valence-electron chi connectivity index (χ2n) is 4.55. The molecule has 7 heteroatoms. The molecule has 2 atom stereocenters. The first-order valence-corrected chi connectivity index (χ1v) is 8.13. The number of nitrogens with zero attached hydrogens (tertiary/aromatic N) is 1. The summed E-state index contributed by atoms with van der Waals surface area (Å²) in [6.07, 6.45) is 0. The molecule has 2 saturated heterocycles. The van der Waals surface area contributed by atoms with Gasteiger partial charge in [-0.1, -0.05) is 11.6 Å². The van der Waals surface area contributed by atoms with Gasteiger partial charge >= 0.3 is 0 Å². The van der Waals surface area contributed by atoms with Gasteiger partial charge in [-0.3, -0.25) is 0 Å². The van der Waals surface area contributed by atoms with E-state index >= 15 is 0 Å². The normalized spacial score (nSPS) is 29.2. The molecule has 0 saturated carbocycles. The number of benzene rings is 1. The van der Waals surface area contributed by atoms with Crippen molar-refractivity contribution in [1.82, 2.24) is 5.32 Å². The van der Waals surface area contributed by atoms with Crippen LogP contribution < -0.4 is 10.2 Å². The lowest BCUT2D eigenvalue weighted by Crippen LogP contribution is -2.36. The van der Waals surface area contributed by atoms with E-state index in [1.165, 1.54) is 0 Å². The van der Waals surface area contributed by atoms with Gasteiger partial charge in [-0.2, -0.15) is 0 Å². The number of thiocarbonyl (C=S) groups is 1. The van der Waals surface area contributed by atoms with Gasteiger partial charge in [0.25, 0.3) is 0 Å². The summed E-state index contributed by atoms with van der Waals surface area (Å²) in [4.78, 5) is 1.88. The van der Waals surface area contributed by atoms with Crippen molar-refractivity contribution < 1.29 is 8.42 Å². The van der Waals surface area contributed by atoms with Crippen molar-refractivity contribution in [1.29, 1.82) is 0 Å². The van der Waals surface area contributed by atoms with E-state index in [0.29, 0.717) is 10.1 Å². The summed E-state index contributed by atoms with van der Waals surface area (Å²) in [7, 11) is -2.97. The number of fused-ring (bicyclic) bond motifs is 1. The van der Waals surface area contributed by atoms with Gasteiger partial charge in [0.2, 0.25) is 0 Å². The molecule has 0 aliphatic carbocycles. The van der Waals surface area contributed by atoms with Crippen LogP contribution in [0.4, 0.5) is 5.69 Å². The fourth-order valence-corrected chi connectivity index (χ4v) is 4.92. The zero-order valence-corrected chi connectivity index (χ0v) is 11.7.